The average molecular weight is 273 g/mol. The van der Waals surface area contributed by atoms with Gasteiger partial charge in [0.1, 0.15) is 0 Å². The van der Waals surface area contributed by atoms with E-state index >= 15 is 0 Å². The molecule has 1 aromatic carbocycles. The molecule has 1 N–H and O–H groups in total. The third kappa shape index (κ3) is 2.57. The number of benzene rings is 1. The summed E-state index contributed by atoms with van der Waals surface area (Å²) in [7, 11) is 0. The highest BCUT2D eigenvalue weighted by atomic mass is 35.5. The molecule has 3 nitrogen and oxygen atoms in total. The van der Waals surface area contributed by atoms with Crippen LogP contribution < -0.4 is 10.2 Å². The van der Waals surface area contributed by atoms with Crippen LogP contribution in [0.3, 0.4) is 0 Å². The van der Waals surface area contributed by atoms with Gasteiger partial charge in [-0.3, -0.25) is 4.79 Å². The lowest BCUT2D eigenvalue weighted by Crippen LogP contribution is -2.38. The predicted molar refractivity (Wildman–Crippen MR) is 70.9 cm³/mol. The van der Waals surface area contributed by atoms with E-state index in [9.17, 15) is 4.79 Å². The molecule has 1 aliphatic heterocycles. The summed E-state index contributed by atoms with van der Waals surface area (Å²) >= 11 is 11.8. The van der Waals surface area contributed by atoms with E-state index in [0.29, 0.717) is 16.6 Å². The lowest BCUT2D eigenvalue weighted by molar-refractivity contribution is -0.118. The van der Waals surface area contributed by atoms with Crippen LogP contribution in [0.2, 0.25) is 10.0 Å². The predicted octanol–water partition coefficient (Wildman–Crippen LogP) is 2.71. The zero-order valence-corrected chi connectivity index (χ0v) is 11.1. The van der Waals surface area contributed by atoms with Crippen molar-refractivity contribution in [1.82, 2.24) is 5.32 Å². The van der Waals surface area contributed by atoms with E-state index in [0.717, 1.165) is 18.7 Å². The van der Waals surface area contributed by atoms with E-state index in [2.05, 4.69) is 5.32 Å². The maximum atomic E-state index is 12.1. The molecule has 0 bridgehead atoms. The van der Waals surface area contributed by atoms with Gasteiger partial charge in [-0.2, -0.15) is 0 Å². The number of nitrogens with one attached hydrogen (secondary N) is 1. The second kappa shape index (κ2) is 5.25. The van der Waals surface area contributed by atoms with Crippen LogP contribution >= 0.6 is 23.2 Å². The van der Waals surface area contributed by atoms with Crippen molar-refractivity contribution in [1.29, 1.82) is 0 Å². The summed E-state index contributed by atoms with van der Waals surface area (Å²) < 4.78 is 0. The SMILES string of the molecule is CCNC1CCN(c2ccc(Cl)c(Cl)c2)C1=O. The molecule has 5 heteroatoms. The summed E-state index contributed by atoms with van der Waals surface area (Å²) in [5.41, 5.74) is 0.810. The van der Waals surface area contributed by atoms with Gasteiger partial charge in [-0.05, 0) is 31.2 Å². The van der Waals surface area contributed by atoms with Gasteiger partial charge >= 0.3 is 0 Å². The van der Waals surface area contributed by atoms with E-state index in [4.69, 9.17) is 23.2 Å². The number of halogens is 2. The lowest BCUT2D eigenvalue weighted by Gasteiger charge is -2.17. The molecule has 1 saturated heterocycles. The van der Waals surface area contributed by atoms with Crippen molar-refractivity contribution < 1.29 is 4.79 Å². The van der Waals surface area contributed by atoms with E-state index in [1.54, 1.807) is 17.0 Å². The van der Waals surface area contributed by atoms with Gasteiger partial charge in [0.15, 0.2) is 0 Å². The second-order valence-electron chi connectivity index (χ2n) is 3.99. The first kappa shape index (κ1) is 12.7. The van der Waals surface area contributed by atoms with Gasteiger partial charge in [-0.25, -0.2) is 0 Å². The van der Waals surface area contributed by atoms with Crippen LogP contribution in [0.1, 0.15) is 13.3 Å². The third-order valence-electron chi connectivity index (χ3n) is 2.87. The van der Waals surface area contributed by atoms with Gasteiger partial charge in [0.05, 0.1) is 16.1 Å². The second-order valence-corrected chi connectivity index (χ2v) is 4.80. The van der Waals surface area contributed by atoms with Crippen molar-refractivity contribution in [2.75, 3.05) is 18.0 Å². The molecule has 1 aromatic rings. The Hall–Kier alpha value is -0.770. The minimum atomic E-state index is -0.0746. The largest absolute Gasteiger partial charge is 0.311 e. The number of likely N-dealkylation sites (N-methyl/N-ethyl adjacent to an activating group) is 1. The van der Waals surface area contributed by atoms with Gasteiger partial charge in [-0.15, -0.1) is 0 Å². The standard InChI is InChI=1S/C12H14Cl2N2O/c1-2-15-11-5-6-16(12(11)17)8-3-4-9(13)10(14)7-8/h3-4,7,11,15H,2,5-6H2,1H3. The molecule has 1 aliphatic rings. The maximum Gasteiger partial charge on any atom is 0.244 e. The Morgan fingerprint density at radius 1 is 1.41 bits per heavy atom. The number of carbonyl (C=O) groups excluding carboxylic acids is 1. The Labute approximate surface area is 111 Å². The van der Waals surface area contributed by atoms with Crippen LogP contribution in [0.4, 0.5) is 5.69 Å². The van der Waals surface area contributed by atoms with Gasteiger partial charge in [-0.1, -0.05) is 30.1 Å². The zero-order chi connectivity index (χ0) is 12.4. The molecule has 0 aromatic heterocycles. The topological polar surface area (TPSA) is 32.3 Å². The van der Waals surface area contributed by atoms with E-state index in [-0.39, 0.29) is 11.9 Å². The summed E-state index contributed by atoms with van der Waals surface area (Å²) in [5.74, 6) is 0.102. The molecule has 1 fully saturated rings. The molecule has 1 unspecified atom stereocenters. The molecule has 1 atom stereocenters. The van der Waals surface area contributed by atoms with Crippen molar-refractivity contribution in [2.45, 2.75) is 19.4 Å². The van der Waals surface area contributed by atoms with Crippen LogP contribution in [0.15, 0.2) is 18.2 Å². The molecule has 2 rings (SSSR count). The van der Waals surface area contributed by atoms with Gasteiger partial charge in [0, 0.05) is 12.2 Å². The molecule has 92 valence electrons. The Bertz CT molecular complexity index is 437. The maximum absolute atomic E-state index is 12.1. The molecule has 0 saturated carbocycles. The molecule has 1 amide bonds. The summed E-state index contributed by atoms with van der Waals surface area (Å²) in [6, 6.07) is 5.19. The Balaban J connectivity index is 2.18. The number of rotatable bonds is 3. The van der Waals surface area contributed by atoms with Gasteiger partial charge in [0.25, 0.3) is 0 Å². The number of nitrogens with zero attached hydrogens (tertiary/aromatic N) is 1. The Morgan fingerprint density at radius 3 is 2.82 bits per heavy atom. The smallest absolute Gasteiger partial charge is 0.244 e. The van der Waals surface area contributed by atoms with Crippen molar-refractivity contribution in [3.8, 4) is 0 Å². The summed E-state index contributed by atoms with van der Waals surface area (Å²) in [4.78, 5) is 13.8. The molecule has 0 spiro atoms. The summed E-state index contributed by atoms with van der Waals surface area (Å²) in [5, 5.41) is 4.15. The summed E-state index contributed by atoms with van der Waals surface area (Å²) in [6.07, 6.45) is 0.826. The normalized spacial score (nSPS) is 20.1. The zero-order valence-electron chi connectivity index (χ0n) is 9.54. The van der Waals surface area contributed by atoms with Crippen LogP contribution in [0.5, 0.6) is 0 Å². The number of hydrogen-bond acceptors (Lipinski definition) is 2. The fourth-order valence-electron chi connectivity index (χ4n) is 2.03. The van der Waals surface area contributed by atoms with E-state index in [1.807, 2.05) is 13.0 Å². The minimum absolute atomic E-state index is 0.0746. The molecule has 1 heterocycles. The fraction of sp³-hybridized carbons (Fsp3) is 0.417. The van der Waals surface area contributed by atoms with Crippen molar-refractivity contribution in [3.63, 3.8) is 0 Å². The van der Waals surface area contributed by atoms with E-state index < -0.39 is 0 Å². The monoisotopic (exact) mass is 272 g/mol. The molecular formula is C12H14Cl2N2O. The van der Waals surface area contributed by atoms with Gasteiger partial charge < -0.3 is 10.2 Å². The first-order chi connectivity index (χ1) is 8.13. The average Bonchev–Trinajstić information content (AvgIpc) is 2.66. The van der Waals surface area contributed by atoms with Crippen molar-refractivity contribution in [3.05, 3.63) is 28.2 Å². The molecule has 0 aliphatic carbocycles. The van der Waals surface area contributed by atoms with Crippen LogP contribution in [-0.4, -0.2) is 25.0 Å². The Kier molecular flexibility index (Phi) is 3.92. The highest BCUT2D eigenvalue weighted by molar-refractivity contribution is 6.42. The first-order valence-electron chi connectivity index (χ1n) is 5.63. The van der Waals surface area contributed by atoms with Crippen molar-refractivity contribution in [2.24, 2.45) is 0 Å². The lowest BCUT2D eigenvalue weighted by atomic mass is 10.2. The Morgan fingerprint density at radius 2 is 2.18 bits per heavy atom. The summed E-state index contributed by atoms with van der Waals surface area (Å²) in [6.45, 7) is 3.51. The van der Waals surface area contributed by atoms with Crippen molar-refractivity contribution >= 4 is 34.8 Å². The van der Waals surface area contributed by atoms with Crippen LogP contribution in [-0.2, 0) is 4.79 Å². The van der Waals surface area contributed by atoms with Crippen LogP contribution in [0, 0.1) is 0 Å². The quantitative estimate of drug-likeness (QED) is 0.918. The molecular weight excluding hydrogens is 259 g/mol. The third-order valence-corrected chi connectivity index (χ3v) is 3.61. The number of carbonyl (C=O) groups is 1. The molecule has 17 heavy (non-hydrogen) atoms. The van der Waals surface area contributed by atoms with Gasteiger partial charge in [0.2, 0.25) is 5.91 Å². The van der Waals surface area contributed by atoms with Crippen LogP contribution in [0.25, 0.3) is 0 Å². The first-order valence-corrected chi connectivity index (χ1v) is 6.39. The molecule has 0 radical (unpaired) electrons. The fourth-order valence-corrected chi connectivity index (χ4v) is 2.32. The number of anilines is 1. The number of hydrogen-bond donors (Lipinski definition) is 1. The van der Waals surface area contributed by atoms with E-state index in [1.165, 1.54) is 0 Å². The highest BCUT2D eigenvalue weighted by Crippen LogP contribution is 2.29. The minimum Gasteiger partial charge on any atom is -0.311 e. The highest BCUT2D eigenvalue weighted by Gasteiger charge is 2.31. The number of amides is 1.